The van der Waals surface area contributed by atoms with E-state index in [1.54, 1.807) is 0 Å². The van der Waals surface area contributed by atoms with Crippen molar-refractivity contribution in [1.29, 1.82) is 0 Å². The zero-order chi connectivity index (χ0) is 19.1. The molecule has 3 rings (SSSR count). The normalized spacial score (nSPS) is 16.2. The van der Waals surface area contributed by atoms with E-state index < -0.39 is 0 Å². The molecule has 1 aromatic carbocycles. The van der Waals surface area contributed by atoms with Crippen molar-refractivity contribution in [2.45, 2.75) is 46.0 Å². The first-order valence-electron chi connectivity index (χ1n) is 10.2. The van der Waals surface area contributed by atoms with E-state index in [1.807, 2.05) is 0 Å². The predicted molar refractivity (Wildman–Crippen MR) is 117 cm³/mol. The van der Waals surface area contributed by atoms with Crippen LogP contribution in [0.5, 0.6) is 0 Å². The standard InChI is InChI=1S/C24H33N3/c1-4-23-7-5-15-27(23)16-6-13-25-22-11-9-20(3)24(18-22)26-14-12-21-10-8-19(2)17-21/h8-11,18,25-26H,1,5-7,12-17H2,2-3H3. The van der Waals surface area contributed by atoms with Gasteiger partial charge in [-0.15, -0.1) is 5.73 Å². The van der Waals surface area contributed by atoms with E-state index in [9.17, 15) is 0 Å². The minimum atomic E-state index is 0.987. The van der Waals surface area contributed by atoms with Gasteiger partial charge in [0.05, 0.1) is 5.70 Å². The number of aryl methyl sites for hydroxylation is 1. The van der Waals surface area contributed by atoms with Crippen molar-refractivity contribution in [2.75, 3.05) is 36.8 Å². The van der Waals surface area contributed by atoms with E-state index in [4.69, 9.17) is 0 Å². The maximum atomic E-state index is 3.81. The minimum Gasteiger partial charge on any atom is -0.385 e. The number of likely N-dealkylation sites (tertiary alicyclic amines) is 1. The summed E-state index contributed by atoms with van der Waals surface area (Å²) in [6.45, 7) is 12.4. The highest BCUT2D eigenvalue weighted by molar-refractivity contribution is 5.61. The van der Waals surface area contributed by atoms with Crippen LogP contribution < -0.4 is 10.6 Å². The fourth-order valence-electron chi connectivity index (χ4n) is 3.87. The summed E-state index contributed by atoms with van der Waals surface area (Å²) in [6, 6.07) is 6.62. The molecule has 0 amide bonds. The first-order chi connectivity index (χ1) is 13.2. The molecule has 0 atom stereocenters. The van der Waals surface area contributed by atoms with E-state index >= 15 is 0 Å². The SMILES string of the molecule is C=C=C1CCCN1CCCNc1ccc(C)c(NCCC2=CC=C(C)C2)c1. The maximum absolute atomic E-state index is 3.81. The number of allylic oxidation sites excluding steroid dienone is 4. The Kier molecular flexibility index (Phi) is 6.84. The Balaban J connectivity index is 1.42. The Labute approximate surface area is 164 Å². The Hall–Kier alpha value is -2.38. The van der Waals surface area contributed by atoms with Crippen molar-refractivity contribution in [1.82, 2.24) is 4.90 Å². The zero-order valence-electron chi connectivity index (χ0n) is 16.9. The molecule has 2 N–H and O–H groups in total. The minimum absolute atomic E-state index is 0.987. The van der Waals surface area contributed by atoms with Crippen LogP contribution in [0.4, 0.5) is 11.4 Å². The molecule has 1 aliphatic heterocycles. The van der Waals surface area contributed by atoms with Crippen LogP contribution in [-0.2, 0) is 0 Å². The van der Waals surface area contributed by atoms with Gasteiger partial charge in [0.25, 0.3) is 0 Å². The molecule has 0 saturated carbocycles. The van der Waals surface area contributed by atoms with Crippen LogP contribution in [0.15, 0.2) is 59.5 Å². The summed E-state index contributed by atoms with van der Waals surface area (Å²) < 4.78 is 0. The Morgan fingerprint density at radius 1 is 1.15 bits per heavy atom. The van der Waals surface area contributed by atoms with Crippen molar-refractivity contribution >= 4 is 11.4 Å². The summed E-state index contributed by atoms with van der Waals surface area (Å²) in [5.74, 6) is 0. The van der Waals surface area contributed by atoms with Crippen LogP contribution in [0, 0.1) is 6.92 Å². The molecular weight excluding hydrogens is 330 g/mol. The fraction of sp³-hybridized carbons (Fsp3) is 0.458. The maximum Gasteiger partial charge on any atom is 0.0558 e. The quantitative estimate of drug-likeness (QED) is 0.439. The molecule has 1 saturated heterocycles. The fourth-order valence-corrected chi connectivity index (χ4v) is 3.87. The molecule has 144 valence electrons. The highest BCUT2D eigenvalue weighted by atomic mass is 15.1. The highest BCUT2D eigenvalue weighted by Crippen LogP contribution is 2.24. The third kappa shape index (κ3) is 5.55. The van der Waals surface area contributed by atoms with Gasteiger partial charge < -0.3 is 15.5 Å². The molecule has 0 spiro atoms. The molecule has 0 aromatic heterocycles. The Bertz CT molecular complexity index is 766. The second-order valence-corrected chi connectivity index (χ2v) is 7.72. The van der Waals surface area contributed by atoms with Crippen molar-refractivity contribution < 1.29 is 0 Å². The number of hydrogen-bond acceptors (Lipinski definition) is 3. The van der Waals surface area contributed by atoms with E-state index in [2.05, 4.69) is 72.0 Å². The van der Waals surface area contributed by atoms with Crippen molar-refractivity contribution in [2.24, 2.45) is 0 Å². The Morgan fingerprint density at radius 3 is 2.81 bits per heavy atom. The third-order valence-corrected chi connectivity index (χ3v) is 5.47. The molecule has 3 nitrogen and oxygen atoms in total. The molecule has 0 radical (unpaired) electrons. The van der Waals surface area contributed by atoms with Crippen LogP contribution in [0.2, 0.25) is 0 Å². The summed E-state index contributed by atoms with van der Waals surface area (Å²) in [5, 5.41) is 7.19. The lowest BCUT2D eigenvalue weighted by Crippen LogP contribution is -2.21. The molecule has 1 fully saturated rings. The first-order valence-corrected chi connectivity index (χ1v) is 10.2. The summed E-state index contributed by atoms with van der Waals surface area (Å²) >= 11 is 0. The summed E-state index contributed by atoms with van der Waals surface area (Å²) in [5.41, 5.74) is 11.1. The monoisotopic (exact) mass is 363 g/mol. The second kappa shape index (κ2) is 9.53. The van der Waals surface area contributed by atoms with Gasteiger partial charge in [0.2, 0.25) is 0 Å². The second-order valence-electron chi connectivity index (χ2n) is 7.72. The number of rotatable bonds is 9. The third-order valence-electron chi connectivity index (χ3n) is 5.47. The molecule has 1 aliphatic carbocycles. The topological polar surface area (TPSA) is 27.3 Å². The number of anilines is 2. The van der Waals surface area contributed by atoms with Crippen LogP contribution in [0.3, 0.4) is 0 Å². The van der Waals surface area contributed by atoms with Gasteiger partial charge >= 0.3 is 0 Å². The number of nitrogens with one attached hydrogen (secondary N) is 2. The molecule has 0 bridgehead atoms. The highest BCUT2D eigenvalue weighted by Gasteiger charge is 2.15. The van der Waals surface area contributed by atoms with E-state index in [-0.39, 0.29) is 0 Å². The van der Waals surface area contributed by atoms with Gasteiger partial charge in [0.1, 0.15) is 0 Å². The van der Waals surface area contributed by atoms with Gasteiger partial charge in [-0.3, -0.25) is 0 Å². The molecular formula is C24H33N3. The van der Waals surface area contributed by atoms with Crippen LogP contribution in [0.25, 0.3) is 0 Å². The molecule has 27 heavy (non-hydrogen) atoms. The lowest BCUT2D eigenvalue weighted by molar-refractivity contribution is 0.390. The average Bonchev–Trinajstić information content (AvgIpc) is 3.29. The van der Waals surface area contributed by atoms with Crippen molar-refractivity contribution in [3.8, 4) is 0 Å². The van der Waals surface area contributed by atoms with E-state index in [0.29, 0.717) is 0 Å². The van der Waals surface area contributed by atoms with Gasteiger partial charge in [-0.25, -0.2) is 0 Å². The number of nitrogens with zero attached hydrogens (tertiary/aromatic N) is 1. The molecule has 1 heterocycles. The molecule has 2 aliphatic rings. The van der Waals surface area contributed by atoms with Crippen molar-refractivity contribution in [3.63, 3.8) is 0 Å². The van der Waals surface area contributed by atoms with Crippen LogP contribution >= 0.6 is 0 Å². The zero-order valence-corrected chi connectivity index (χ0v) is 16.9. The largest absolute Gasteiger partial charge is 0.385 e. The van der Waals surface area contributed by atoms with Gasteiger partial charge in [-0.1, -0.05) is 35.9 Å². The van der Waals surface area contributed by atoms with Gasteiger partial charge in [0.15, 0.2) is 0 Å². The van der Waals surface area contributed by atoms with E-state index in [1.165, 1.54) is 40.2 Å². The molecule has 3 heteroatoms. The number of hydrogen-bond donors (Lipinski definition) is 2. The van der Waals surface area contributed by atoms with Gasteiger partial charge in [0, 0.05) is 37.6 Å². The van der Waals surface area contributed by atoms with Crippen LogP contribution in [-0.4, -0.2) is 31.1 Å². The Morgan fingerprint density at radius 2 is 2.04 bits per heavy atom. The predicted octanol–water partition coefficient (Wildman–Crippen LogP) is 5.64. The average molecular weight is 364 g/mol. The lowest BCUT2D eigenvalue weighted by Gasteiger charge is -2.19. The first kappa shape index (κ1) is 19.4. The smallest absolute Gasteiger partial charge is 0.0558 e. The summed E-state index contributed by atoms with van der Waals surface area (Å²) in [7, 11) is 0. The summed E-state index contributed by atoms with van der Waals surface area (Å²) in [4.78, 5) is 2.42. The van der Waals surface area contributed by atoms with Crippen LogP contribution in [0.1, 0.15) is 44.6 Å². The van der Waals surface area contributed by atoms with Crippen molar-refractivity contribution in [3.05, 3.63) is 65.1 Å². The molecule has 1 aromatic rings. The van der Waals surface area contributed by atoms with E-state index in [0.717, 1.165) is 51.9 Å². The lowest BCUT2D eigenvalue weighted by atomic mass is 10.1. The number of benzene rings is 1. The molecule has 0 unspecified atom stereocenters. The summed E-state index contributed by atoms with van der Waals surface area (Å²) in [6.07, 6.45) is 10.3. The van der Waals surface area contributed by atoms with Gasteiger partial charge in [-0.05, 0) is 63.6 Å². The van der Waals surface area contributed by atoms with Gasteiger partial charge in [-0.2, -0.15) is 0 Å².